The maximum absolute atomic E-state index is 11.6. The molecule has 0 bridgehead atoms. The van der Waals surface area contributed by atoms with E-state index < -0.39 is 32.0 Å². The van der Waals surface area contributed by atoms with Gasteiger partial charge in [-0.15, -0.1) is 0 Å². The number of carbonyl (C=O) groups is 2. The molecule has 13 heteroatoms. The maximum atomic E-state index is 11.6. The summed E-state index contributed by atoms with van der Waals surface area (Å²) in [5.41, 5.74) is 0. The zero-order chi connectivity index (χ0) is 44.7. The van der Waals surface area contributed by atoms with Gasteiger partial charge in [0.2, 0.25) is 20.0 Å². The summed E-state index contributed by atoms with van der Waals surface area (Å²) in [5, 5.41) is 22.8. The predicted octanol–water partition coefficient (Wildman–Crippen LogP) is 10.8. The van der Waals surface area contributed by atoms with Crippen LogP contribution in [0.4, 0.5) is 0 Å². The molecular formula is C48H92CaN2O8S2. The van der Waals surface area contributed by atoms with Gasteiger partial charge in [0.1, 0.15) is 0 Å². The van der Waals surface area contributed by atoms with Gasteiger partial charge in [0.15, 0.2) is 0 Å². The number of hydrogen-bond acceptors (Lipinski definition) is 8. The first kappa shape index (κ1) is 64.8. The van der Waals surface area contributed by atoms with E-state index >= 15 is 0 Å². The molecule has 356 valence electrons. The van der Waals surface area contributed by atoms with Gasteiger partial charge in [0.25, 0.3) is 0 Å². The van der Waals surface area contributed by atoms with Gasteiger partial charge in [-0.05, 0) is 25.7 Å². The number of nitrogens with one attached hydrogen (secondary N) is 2. The van der Waals surface area contributed by atoms with Crippen molar-refractivity contribution in [2.45, 2.75) is 258 Å². The van der Waals surface area contributed by atoms with Crippen LogP contribution in [-0.2, 0) is 29.6 Å². The van der Waals surface area contributed by atoms with E-state index in [1.165, 1.54) is 193 Å². The Balaban J connectivity index is -0.00000109. The third kappa shape index (κ3) is 59.5. The molecular weight excluding hydrogens is 837 g/mol. The summed E-state index contributed by atoms with van der Waals surface area (Å²) in [6.07, 6.45) is 49.4. The van der Waals surface area contributed by atoms with E-state index in [1.54, 1.807) is 12.2 Å². The van der Waals surface area contributed by atoms with Gasteiger partial charge in [-0.25, -0.2) is 26.3 Å². The third-order valence-corrected chi connectivity index (χ3v) is 13.1. The van der Waals surface area contributed by atoms with E-state index in [9.17, 15) is 36.6 Å². The van der Waals surface area contributed by atoms with Crippen molar-refractivity contribution in [3.8, 4) is 0 Å². The Bertz CT molecular complexity index is 1140. The summed E-state index contributed by atoms with van der Waals surface area (Å²) in [6, 6.07) is 0. The standard InChI is InChI=1S/2C24H47NO4S.Ca/c2*1-2-3-4-5-6-7-8-9-10-11-12-13-14-15-16-17-18-19-20-23-30(28,29)25-22-21-24(26)27;/h2*20,23,25H,2-19,21-22H2,1H3,(H,26,27);/q;;+2/p-2/b2*23-20+;. The van der Waals surface area contributed by atoms with Crippen molar-refractivity contribution >= 4 is 69.7 Å². The van der Waals surface area contributed by atoms with Crippen molar-refractivity contribution < 1.29 is 36.6 Å². The van der Waals surface area contributed by atoms with Gasteiger partial charge < -0.3 is 19.8 Å². The molecule has 0 heterocycles. The van der Waals surface area contributed by atoms with Crippen LogP contribution in [0.25, 0.3) is 0 Å². The van der Waals surface area contributed by atoms with Crippen LogP contribution in [-0.4, -0.2) is 79.6 Å². The molecule has 0 aliphatic carbocycles. The van der Waals surface area contributed by atoms with Gasteiger partial charge in [-0.3, -0.25) is 0 Å². The third-order valence-electron chi connectivity index (χ3n) is 10.8. The molecule has 0 aromatic rings. The summed E-state index contributed by atoms with van der Waals surface area (Å²) in [4.78, 5) is 20.5. The first-order valence-corrected chi connectivity index (χ1v) is 27.8. The molecule has 0 saturated carbocycles. The molecule has 0 aromatic carbocycles. The van der Waals surface area contributed by atoms with Crippen LogP contribution in [0.5, 0.6) is 0 Å². The second kappa shape index (κ2) is 50.5. The molecule has 61 heavy (non-hydrogen) atoms. The first-order valence-electron chi connectivity index (χ1n) is 24.7. The van der Waals surface area contributed by atoms with Crippen LogP contribution in [0.2, 0.25) is 0 Å². The minimum atomic E-state index is -3.52. The van der Waals surface area contributed by atoms with Crippen molar-refractivity contribution in [1.29, 1.82) is 0 Å². The molecule has 0 saturated heterocycles. The maximum Gasteiger partial charge on any atom is 2.00 e. The van der Waals surface area contributed by atoms with Gasteiger partial charge in [0, 0.05) is 48.7 Å². The van der Waals surface area contributed by atoms with Gasteiger partial charge in [0.05, 0.1) is 0 Å². The zero-order valence-electron chi connectivity index (χ0n) is 39.4. The van der Waals surface area contributed by atoms with Gasteiger partial charge in [-0.1, -0.05) is 231 Å². The summed E-state index contributed by atoms with van der Waals surface area (Å²) < 4.78 is 50.8. The molecule has 0 aliphatic rings. The number of carboxylic acid groups (broad SMARTS) is 2. The SMILES string of the molecule is CCCCCCCCCCCCCCCCCCC/C=C/S(=O)(=O)NCCC(=O)[O-].CCCCCCCCCCCCCCCCCCC/C=C/S(=O)(=O)NCCC(=O)[O-].[Ca+2]. The Morgan fingerprint density at radius 3 is 0.770 bits per heavy atom. The predicted molar refractivity (Wildman–Crippen MR) is 255 cm³/mol. The van der Waals surface area contributed by atoms with Crippen molar-refractivity contribution in [2.24, 2.45) is 0 Å². The Labute approximate surface area is 406 Å². The minimum Gasteiger partial charge on any atom is -0.550 e. The summed E-state index contributed by atoms with van der Waals surface area (Å²) in [6.45, 7) is 4.27. The molecule has 0 fully saturated rings. The number of carboxylic acids is 2. The van der Waals surface area contributed by atoms with Crippen LogP contribution >= 0.6 is 0 Å². The molecule has 0 amide bonds. The number of rotatable bonds is 46. The molecule has 2 N–H and O–H groups in total. The quantitative estimate of drug-likeness (QED) is 0.0448. The monoisotopic (exact) mass is 929 g/mol. The Morgan fingerprint density at radius 1 is 0.377 bits per heavy atom. The van der Waals surface area contributed by atoms with Crippen molar-refractivity contribution in [1.82, 2.24) is 9.44 Å². The van der Waals surface area contributed by atoms with E-state index in [0.717, 1.165) is 49.3 Å². The van der Waals surface area contributed by atoms with Crippen LogP contribution in [0.1, 0.15) is 258 Å². The summed E-state index contributed by atoms with van der Waals surface area (Å²) >= 11 is 0. The number of carbonyl (C=O) groups excluding carboxylic acids is 2. The van der Waals surface area contributed by atoms with E-state index in [1.807, 2.05) is 0 Å². The number of aliphatic carboxylic acids is 2. The number of sulfonamides is 2. The van der Waals surface area contributed by atoms with Crippen molar-refractivity contribution in [3.05, 3.63) is 23.0 Å². The molecule has 0 aliphatic heterocycles. The van der Waals surface area contributed by atoms with E-state index in [-0.39, 0.29) is 63.7 Å². The second-order valence-electron chi connectivity index (χ2n) is 16.8. The molecule has 0 radical (unpaired) electrons. The molecule has 10 nitrogen and oxygen atoms in total. The van der Waals surface area contributed by atoms with Crippen LogP contribution in [0.15, 0.2) is 23.0 Å². The topological polar surface area (TPSA) is 173 Å². The fourth-order valence-electron chi connectivity index (χ4n) is 7.05. The summed E-state index contributed by atoms with van der Waals surface area (Å²) in [7, 11) is -7.04. The smallest absolute Gasteiger partial charge is 0.550 e. The molecule has 0 atom stereocenters. The zero-order valence-corrected chi connectivity index (χ0v) is 43.2. The van der Waals surface area contributed by atoms with Crippen LogP contribution in [0, 0.1) is 0 Å². The Morgan fingerprint density at radius 2 is 0.574 bits per heavy atom. The largest absolute Gasteiger partial charge is 2.00 e. The van der Waals surface area contributed by atoms with Crippen molar-refractivity contribution in [3.63, 3.8) is 0 Å². The second-order valence-corrected chi connectivity index (χ2v) is 20.1. The van der Waals surface area contributed by atoms with Crippen LogP contribution < -0.4 is 19.7 Å². The number of allylic oxidation sites excluding steroid dienone is 2. The molecule has 0 rings (SSSR count). The van der Waals surface area contributed by atoms with E-state index in [0.29, 0.717) is 0 Å². The minimum absolute atomic E-state index is 0. The normalized spacial score (nSPS) is 11.8. The fourth-order valence-corrected chi connectivity index (χ4v) is 8.79. The fraction of sp³-hybridized carbons (Fsp3) is 0.875. The van der Waals surface area contributed by atoms with Crippen molar-refractivity contribution in [2.75, 3.05) is 13.1 Å². The van der Waals surface area contributed by atoms with Crippen LogP contribution in [0.3, 0.4) is 0 Å². The number of unbranched alkanes of at least 4 members (excludes halogenated alkanes) is 34. The van der Waals surface area contributed by atoms with E-state index in [4.69, 9.17) is 0 Å². The Kier molecular flexibility index (Phi) is 53.6. The first-order chi connectivity index (χ1) is 29.0. The Hall–Kier alpha value is -0.500. The number of hydrogen-bond donors (Lipinski definition) is 2. The average molecular weight is 929 g/mol. The summed E-state index contributed by atoms with van der Waals surface area (Å²) in [5.74, 6) is -2.52. The molecule has 0 spiro atoms. The van der Waals surface area contributed by atoms with Gasteiger partial charge >= 0.3 is 37.7 Å². The van der Waals surface area contributed by atoms with E-state index in [2.05, 4.69) is 23.3 Å². The average Bonchev–Trinajstić information content (AvgIpc) is 3.19. The molecule has 0 unspecified atom stereocenters. The van der Waals surface area contributed by atoms with Gasteiger partial charge in [-0.2, -0.15) is 0 Å². The molecule has 0 aromatic heterocycles.